The van der Waals surface area contributed by atoms with Crippen LogP contribution >= 0.6 is 0 Å². The van der Waals surface area contributed by atoms with Gasteiger partial charge in [-0.15, -0.1) is 0 Å². The zero-order valence-corrected chi connectivity index (χ0v) is 20.9. The van der Waals surface area contributed by atoms with Gasteiger partial charge in [0.25, 0.3) is 10.0 Å². The van der Waals surface area contributed by atoms with Crippen molar-refractivity contribution in [2.75, 3.05) is 37.0 Å². The molecule has 0 bridgehead atoms. The normalized spacial score (nSPS) is 15.5. The molecule has 1 amide bonds. The number of benzene rings is 2. The number of sulfonamides is 1. The summed E-state index contributed by atoms with van der Waals surface area (Å²) < 4.78 is 28.0. The van der Waals surface area contributed by atoms with Crippen LogP contribution in [0.1, 0.15) is 51.5 Å². The van der Waals surface area contributed by atoms with E-state index < -0.39 is 10.0 Å². The highest BCUT2D eigenvalue weighted by atomic mass is 32.2. The van der Waals surface area contributed by atoms with Crippen LogP contribution in [0.2, 0.25) is 0 Å². The summed E-state index contributed by atoms with van der Waals surface area (Å²) in [5, 5.41) is 2.91. The first-order chi connectivity index (χ1) is 15.8. The van der Waals surface area contributed by atoms with Gasteiger partial charge in [-0.25, -0.2) is 8.42 Å². The number of likely N-dealkylation sites (tertiary alicyclic amines) is 1. The molecule has 0 aromatic heterocycles. The Kier molecular flexibility index (Phi) is 8.92. The lowest BCUT2D eigenvalue weighted by Gasteiger charge is -2.30. The van der Waals surface area contributed by atoms with Gasteiger partial charge >= 0.3 is 0 Å². The van der Waals surface area contributed by atoms with Crippen molar-refractivity contribution in [2.45, 2.75) is 50.8 Å². The average Bonchev–Trinajstić information content (AvgIpc) is 2.82. The summed E-state index contributed by atoms with van der Waals surface area (Å²) >= 11 is 0. The lowest BCUT2D eigenvalue weighted by atomic mass is 9.99. The molecule has 0 radical (unpaired) electrons. The molecule has 1 saturated heterocycles. The first-order valence-corrected chi connectivity index (χ1v) is 13.4. The fourth-order valence-electron chi connectivity index (χ4n) is 4.06. The van der Waals surface area contributed by atoms with Gasteiger partial charge < -0.3 is 10.2 Å². The maximum absolute atomic E-state index is 13.4. The van der Waals surface area contributed by atoms with Crippen molar-refractivity contribution in [3.05, 3.63) is 60.2 Å². The van der Waals surface area contributed by atoms with Crippen molar-refractivity contribution < 1.29 is 13.2 Å². The van der Waals surface area contributed by atoms with Gasteiger partial charge in [-0.2, -0.15) is 0 Å². The number of carbonyl (C=O) groups is 1. The second-order valence-corrected chi connectivity index (χ2v) is 11.2. The van der Waals surface area contributed by atoms with E-state index in [1.54, 1.807) is 42.5 Å². The van der Waals surface area contributed by atoms with E-state index in [-0.39, 0.29) is 17.3 Å². The van der Waals surface area contributed by atoms with Crippen molar-refractivity contribution >= 4 is 21.6 Å². The highest BCUT2D eigenvalue weighted by Crippen LogP contribution is 2.25. The lowest BCUT2D eigenvalue weighted by Crippen LogP contribution is -2.42. The van der Waals surface area contributed by atoms with Gasteiger partial charge in [0, 0.05) is 6.54 Å². The van der Waals surface area contributed by atoms with Gasteiger partial charge in [0.2, 0.25) is 5.91 Å². The summed E-state index contributed by atoms with van der Waals surface area (Å²) in [6.45, 7) is 9.95. The van der Waals surface area contributed by atoms with Gasteiger partial charge in [-0.1, -0.05) is 51.1 Å². The van der Waals surface area contributed by atoms with Crippen LogP contribution in [0.4, 0.5) is 5.69 Å². The molecule has 0 unspecified atom stereocenters. The molecule has 2 aromatic carbocycles. The number of anilines is 1. The summed E-state index contributed by atoms with van der Waals surface area (Å²) in [6, 6.07) is 15.7. The molecule has 0 atom stereocenters. The number of rotatable bonds is 10. The van der Waals surface area contributed by atoms with E-state index >= 15 is 0 Å². The molecule has 3 rings (SSSR count). The zero-order chi connectivity index (χ0) is 23.8. The molecule has 6 nitrogen and oxygen atoms in total. The molecule has 33 heavy (non-hydrogen) atoms. The van der Waals surface area contributed by atoms with Gasteiger partial charge in [0.05, 0.1) is 10.6 Å². The third-order valence-electron chi connectivity index (χ3n) is 6.32. The van der Waals surface area contributed by atoms with E-state index in [0.717, 1.165) is 37.5 Å². The first kappa shape index (κ1) is 25.2. The van der Waals surface area contributed by atoms with Crippen LogP contribution in [-0.4, -0.2) is 51.9 Å². The van der Waals surface area contributed by atoms with E-state index in [1.807, 2.05) is 12.1 Å². The number of nitrogens with zero attached hydrogens (tertiary/aromatic N) is 2. The van der Waals surface area contributed by atoms with Crippen molar-refractivity contribution in [3.8, 4) is 0 Å². The number of carbonyl (C=O) groups excluding carboxylic acids is 1. The molecule has 1 heterocycles. The minimum absolute atomic E-state index is 0.171. The largest absolute Gasteiger partial charge is 0.354 e. The average molecular weight is 472 g/mol. The minimum atomic E-state index is -3.87. The quantitative estimate of drug-likeness (QED) is 0.526. The van der Waals surface area contributed by atoms with Crippen molar-refractivity contribution in [2.24, 2.45) is 5.92 Å². The molecule has 0 spiro atoms. The predicted octanol–water partition coefficient (Wildman–Crippen LogP) is 4.24. The second kappa shape index (κ2) is 11.7. The molecule has 2 aromatic rings. The lowest BCUT2D eigenvalue weighted by molar-refractivity contribution is -0.119. The smallest absolute Gasteiger partial charge is 0.264 e. The maximum atomic E-state index is 13.4. The van der Waals surface area contributed by atoms with E-state index in [4.69, 9.17) is 0 Å². The summed E-state index contributed by atoms with van der Waals surface area (Å²) in [4.78, 5) is 15.4. The second-order valence-electron chi connectivity index (χ2n) is 9.30. The summed E-state index contributed by atoms with van der Waals surface area (Å²) in [5.74, 6) is 0.840. The van der Waals surface area contributed by atoms with Crippen molar-refractivity contribution in [3.63, 3.8) is 0 Å². The summed E-state index contributed by atoms with van der Waals surface area (Å²) in [5.41, 5.74) is 1.60. The third-order valence-corrected chi connectivity index (χ3v) is 8.10. The molecule has 1 fully saturated rings. The highest BCUT2D eigenvalue weighted by Gasteiger charge is 2.27. The SMILES string of the molecule is CC1CCN(CCCNC(=O)CN(c2ccc(C(C)C)cc2)S(=O)(=O)c2ccccc2)CC1. The topological polar surface area (TPSA) is 69.7 Å². The summed E-state index contributed by atoms with van der Waals surface area (Å²) in [7, 11) is -3.87. The Labute approximate surface area is 199 Å². The number of hydrogen-bond acceptors (Lipinski definition) is 4. The number of piperidine rings is 1. The molecule has 1 aliphatic rings. The zero-order valence-electron chi connectivity index (χ0n) is 20.0. The number of amides is 1. The van der Waals surface area contributed by atoms with Crippen LogP contribution < -0.4 is 9.62 Å². The number of hydrogen-bond donors (Lipinski definition) is 1. The van der Waals surface area contributed by atoms with Gasteiger partial charge in [0.15, 0.2) is 0 Å². The van der Waals surface area contributed by atoms with Crippen LogP contribution in [0.3, 0.4) is 0 Å². The van der Waals surface area contributed by atoms with Crippen molar-refractivity contribution in [1.29, 1.82) is 0 Å². The predicted molar refractivity (Wildman–Crippen MR) is 134 cm³/mol. The Morgan fingerprint density at radius 3 is 2.30 bits per heavy atom. The first-order valence-electron chi connectivity index (χ1n) is 11.9. The fraction of sp³-hybridized carbons (Fsp3) is 0.500. The standard InChI is InChI=1S/C26H37N3O3S/c1-21(2)23-10-12-24(13-11-23)29(33(31,32)25-8-5-4-6-9-25)20-26(30)27-16-7-17-28-18-14-22(3)15-19-28/h4-6,8-13,21-22H,7,14-20H2,1-3H3,(H,27,30). The molecule has 180 valence electrons. The highest BCUT2D eigenvalue weighted by molar-refractivity contribution is 7.92. The third kappa shape index (κ3) is 7.05. The Hall–Kier alpha value is -2.38. The van der Waals surface area contributed by atoms with Crippen molar-refractivity contribution in [1.82, 2.24) is 10.2 Å². The molecule has 7 heteroatoms. The van der Waals surface area contributed by atoms with E-state index in [0.29, 0.717) is 18.2 Å². The Bertz CT molecular complexity index is 983. The maximum Gasteiger partial charge on any atom is 0.264 e. The molecular formula is C26H37N3O3S. The van der Waals surface area contributed by atoms with Crippen LogP contribution in [0.5, 0.6) is 0 Å². The molecule has 1 aliphatic heterocycles. The van der Waals surface area contributed by atoms with E-state index in [1.165, 1.54) is 17.1 Å². The van der Waals surface area contributed by atoms with Gasteiger partial charge in [-0.05, 0) is 80.6 Å². The van der Waals surface area contributed by atoms with Crippen LogP contribution in [0.15, 0.2) is 59.5 Å². The van der Waals surface area contributed by atoms with Crippen LogP contribution in [0, 0.1) is 5.92 Å². The van der Waals surface area contributed by atoms with Crippen LogP contribution in [0.25, 0.3) is 0 Å². The molecule has 0 aliphatic carbocycles. The Morgan fingerprint density at radius 1 is 1.06 bits per heavy atom. The Balaban J connectivity index is 1.65. The van der Waals surface area contributed by atoms with E-state index in [2.05, 4.69) is 31.0 Å². The molecular weight excluding hydrogens is 434 g/mol. The Morgan fingerprint density at radius 2 is 1.70 bits per heavy atom. The minimum Gasteiger partial charge on any atom is -0.354 e. The molecule has 0 saturated carbocycles. The van der Waals surface area contributed by atoms with Gasteiger partial charge in [-0.3, -0.25) is 9.10 Å². The summed E-state index contributed by atoms with van der Waals surface area (Å²) in [6.07, 6.45) is 3.32. The van der Waals surface area contributed by atoms with E-state index in [9.17, 15) is 13.2 Å². The van der Waals surface area contributed by atoms with Crippen LogP contribution in [-0.2, 0) is 14.8 Å². The monoisotopic (exact) mass is 471 g/mol. The number of nitrogens with one attached hydrogen (secondary N) is 1. The fourth-order valence-corrected chi connectivity index (χ4v) is 5.50. The molecule has 1 N–H and O–H groups in total. The van der Waals surface area contributed by atoms with Gasteiger partial charge in [0.1, 0.15) is 6.54 Å².